The second kappa shape index (κ2) is 10.3. The van der Waals surface area contributed by atoms with Crippen LogP contribution >= 0.6 is 11.3 Å². The van der Waals surface area contributed by atoms with Crippen LogP contribution in [0.15, 0.2) is 29.2 Å². The average molecular weight is 521 g/mol. The molecule has 2 aliphatic heterocycles. The fourth-order valence-corrected chi connectivity index (χ4v) is 7.12. The van der Waals surface area contributed by atoms with Crippen LogP contribution in [0, 0.1) is 0 Å². The molecule has 2 N–H and O–H groups in total. The van der Waals surface area contributed by atoms with Crippen LogP contribution in [0.4, 0.5) is 9.80 Å². The molecule has 0 spiro atoms. The lowest BCUT2D eigenvalue weighted by atomic mass is 10.0. The van der Waals surface area contributed by atoms with Gasteiger partial charge in [-0.2, -0.15) is 4.31 Å². The number of methoxy groups -OCH3 is 1. The van der Waals surface area contributed by atoms with Gasteiger partial charge in [0.2, 0.25) is 10.0 Å². The molecule has 0 unspecified atom stereocenters. The molecule has 3 amide bonds. The summed E-state index contributed by atoms with van der Waals surface area (Å²) in [4.78, 5) is 40.0. The number of sulfonamides is 1. The Bertz CT molecular complexity index is 1230. The number of carbonyl (C=O) groups is 3. The zero-order valence-electron chi connectivity index (χ0n) is 19.6. The topological polar surface area (TPSA) is 125 Å². The number of hydrogen-bond donors (Lipinski definition) is 2. The van der Waals surface area contributed by atoms with Crippen molar-refractivity contribution in [3.05, 3.63) is 45.8 Å². The van der Waals surface area contributed by atoms with Gasteiger partial charge in [-0.1, -0.05) is 6.42 Å². The lowest BCUT2D eigenvalue weighted by molar-refractivity contribution is 0.0962. The molecule has 1 aromatic heterocycles. The van der Waals surface area contributed by atoms with E-state index in [1.165, 1.54) is 54.1 Å². The van der Waals surface area contributed by atoms with E-state index in [0.717, 1.165) is 29.7 Å². The van der Waals surface area contributed by atoms with Gasteiger partial charge in [0.25, 0.3) is 11.8 Å². The third-order valence-corrected chi connectivity index (χ3v) is 9.29. The van der Waals surface area contributed by atoms with E-state index in [-0.39, 0.29) is 22.9 Å². The Morgan fingerprint density at radius 1 is 1.00 bits per heavy atom. The van der Waals surface area contributed by atoms with Crippen molar-refractivity contribution in [2.45, 2.75) is 37.1 Å². The standard InChI is InChI=1S/C23H28N4O6S2/c1-24-21(29)19-17-10-13-26(23(30)33-2)14-18(17)34-22(19)25-20(28)15-6-8-16(9-7-15)35(31,32)27-11-4-3-5-12-27/h6-9H,3-5,10-14H2,1-2H3,(H,24,29)(H,25,28). The Hall–Kier alpha value is -2.96. The number of piperidine rings is 1. The van der Waals surface area contributed by atoms with E-state index >= 15 is 0 Å². The van der Waals surface area contributed by atoms with Crippen molar-refractivity contribution < 1.29 is 27.5 Å². The van der Waals surface area contributed by atoms with Gasteiger partial charge in [0.1, 0.15) is 5.00 Å². The molecule has 1 aromatic carbocycles. The van der Waals surface area contributed by atoms with E-state index in [9.17, 15) is 22.8 Å². The Morgan fingerprint density at radius 2 is 1.69 bits per heavy atom. The van der Waals surface area contributed by atoms with Gasteiger partial charge < -0.3 is 20.3 Å². The molecule has 188 valence electrons. The Balaban J connectivity index is 1.55. The van der Waals surface area contributed by atoms with Crippen molar-refractivity contribution in [1.82, 2.24) is 14.5 Å². The first-order valence-electron chi connectivity index (χ1n) is 11.4. The predicted molar refractivity (Wildman–Crippen MR) is 131 cm³/mol. The molecule has 1 saturated heterocycles. The second-order valence-electron chi connectivity index (χ2n) is 8.37. The lowest BCUT2D eigenvalue weighted by Gasteiger charge is -2.25. The van der Waals surface area contributed by atoms with Crippen LogP contribution in [0.25, 0.3) is 0 Å². The molecular formula is C23H28N4O6S2. The summed E-state index contributed by atoms with van der Waals surface area (Å²) in [5.74, 6) is -0.784. The van der Waals surface area contributed by atoms with Crippen molar-refractivity contribution in [3.63, 3.8) is 0 Å². The summed E-state index contributed by atoms with van der Waals surface area (Å²) in [5, 5.41) is 5.80. The first-order chi connectivity index (χ1) is 16.8. The summed E-state index contributed by atoms with van der Waals surface area (Å²) < 4.78 is 32.0. The quantitative estimate of drug-likeness (QED) is 0.625. The molecule has 0 aliphatic carbocycles. The van der Waals surface area contributed by atoms with Crippen LogP contribution in [0.1, 0.15) is 50.4 Å². The van der Waals surface area contributed by atoms with E-state index in [2.05, 4.69) is 10.6 Å². The third kappa shape index (κ3) is 5.04. The molecular weight excluding hydrogens is 492 g/mol. The number of benzene rings is 1. The van der Waals surface area contributed by atoms with Crippen molar-refractivity contribution in [3.8, 4) is 0 Å². The van der Waals surface area contributed by atoms with Crippen molar-refractivity contribution in [2.24, 2.45) is 0 Å². The number of rotatable bonds is 5. The zero-order chi connectivity index (χ0) is 25.2. The van der Waals surface area contributed by atoms with Crippen molar-refractivity contribution in [1.29, 1.82) is 0 Å². The molecule has 2 aliphatic rings. The monoisotopic (exact) mass is 520 g/mol. The van der Waals surface area contributed by atoms with Crippen LogP contribution in [0.2, 0.25) is 0 Å². The van der Waals surface area contributed by atoms with E-state index in [0.29, 0.717) is 36.6 Å². The highest BCUT2D eigenvalue weighted by atomic mass is 32.2. The second-order valence-corrected chi connectivity index (χ2v) is 11.4. The Kier molecular flexibility index (Phi) is 7.43. The van der Waals surface area contributed by atoms with Crippen LogP contribution < -0.4 is 10.6 Å². The van der Waals surface area contributed by atoms with Crippen LogP contribution in [-0.4, -0.2) is 69.3 Å². The minimum atomic E-state index is -3.59. The molecule has 3 heterocycles. The molecule has 0 saturated carbocycles. The predicted octanol–water partition coefficient (Wildman–Crippen LogP) is 2.66. The smallest absolute Gasteiger partial charge is 0.409 e. The van der Waals surface area contributed by atoms with Gasteiger partial charge in [-0.3, -0.25) is 9.59 Å². The number of amides is 3. The van der Waals surface area contributed by atoms with Gasteiger partial charge in [-0.15, -0.1) is 11.3 Å². The number of nitrogens with zero attached hydrogens (tertiary/aromatic N) is 2. The van der Waals surface area contributed by atoms with Crippen molar-refractivity contribution >= 4 is 44.3 Å². The molecule has 12 heteroatoms. The van der Waals surface area contributed by atoms with Gasteiger partial charge in [-0.05, 0) is 49.1 Å². The fraction of sp³-hybridized carbons (Fsp3) is 0.435. The third-order valence-electron chi connectivity index (χ3n) is 6.24. The Labute approximate surface area is 208 Å². The van der Waals surface area contributed by atoms with E-state index in [4.69, 9.17) is 4.74 Å². The largest absolute Gasteiger partial charge is 0.453 e. The molecule has 35 heavy (non-hydrogen) atoms. The van der Waals surface area contributed by atoms with E-state index in [1.54, 1.807) is 4.90 Å². The number of anilines is 1. The molecule has 0 atom stereocenters. The maximum absolute atomic E-state index is 13.0. The number of hydrogen-bond acceptors (Lipinski definition) is 7. The molecule has 0 radical (unpaired) electrons. The maximum atomic E-state index is 13.0. The number of thiophene rings is 1. The van der Waals surface area contributed by atoms with Gasteiger partial charge in [-0.25, -0.2) is 13.2 Å². The normalized spacial score (nSPS) is 16.3. The molecule has 1 fully saturated rings. The summed E-state index contributed by atoms with van der Waals surface area (Å²) in [6, 6.07) is 5.81. The Morgan fingerprint density at radius 3 is 2.31 bits per heavy atom. The minimum Gasteiger partial charge on any atom is -0.453 e. The first kappa shape index (κ1) is 25.1. The number of fused-ring (bicyclic) bond motifs is 1. The summed E-state index contributed by atoms with van der Waals surface area (Å²) in [6.45, 7) is 1.70. The molecule has 2 aromatic rings. The van der Waals surface area contributed by atoms with Gasteiger partial charge in [0, 0.05) is 37.1 Å². The summed E-state index contributed by atoms with van der Waals surface area (Å²) in [6.07, 6.45) is 2.72. The molecule has 10 nitrogen and oxygen atoms in total. The van der Waals surface area contributed by atoms with E-state index in [1.807, 2.05) is 0 Å². The highest BCUT2D eigenvalue weighted by Crippen LogP contribution is 2.37. The molecule has 4 rings (SSSR count). The van der Waals surface area contributed by atoms with Gasteiger partial charge >= 0.3 is 6.09 Å². The number of ether oxygens (including phenoxy) is 1. The van der Waals surface area contributed by atoms with Crippen LogP contribution in [0.5, 0.6) is 0 Å². The zero-order valence-corrected chi connectivity index (χ0v) is 21.3. The average Bonchev–Trinajstić information content (AvgIpc) is 3.25. The van der Waals surface area contributed by atoms with Gasteiger partial charge in [0.15, 0.2) is 0 Å². The highest BCUT2D eigenvalue weighted by Gasteiger charge is 2.31. The fourth-order valence-electron chi connectivity index (χ4n) is 4.35. The van der Waals surface area contributed by atoms with E-state index < -0.39 is 22.0 Å². The summed E-state index contributed by atoms with van der Waals surface area (Å²) >= 11 is 1.24. The maximum Gasteiger partial charge on any atom is 0.409 e. The lowest BCUT2D eigenvalue weighted by Crippen LogP contribution is -2.35. The first-order valence-corrected chi connectivity index (χ1v) is 13.6. The number of carbonyl (C=O) groups excluding carboxylic acids is 3. The summed E-state index contributed by atoms with van der Waals surface area (Å²) in [7, 11) is -0.760. The SMILES string of the molecule is CNC(=O)c1c(NC(=O)c2ccc(S(=O)(=O)N3CCCCC3)cc2)sc2c1CCN(C(=O)OC)C2. The minimum absolute atomic E-state index is 0.150. The van der Waals surface area contributed by atoms with Crippen molar-refractivity contribution in [2.75, 3.05) is 39.1 Å². The van der Waals surface area contributed by atoms with Crippen LogP contribution in [-0.2, 0) is 27.7 Å². The van der Waals surface area contributed by atoms with Crippen LogP contribution in [0.3, 0.4) is 0 Å². The highest BCUT2D eigenvalue weighted by molar-refractivity contribution is 7.89. The molecule has 0 bridgehead atoms. The number of nitrogens with one attached hydrogen (secondary N) is 2. The summed E-state index contributed by atoms with van der Waals surface area (Å²) in [5.41, 5.74) is 1.45. The van der Waals surface area contributed by atoms with Gasteiger partial charge in [0.05, 0.1) is 24.1 Å².